The first-order chi connectivity index (χ1) is 33.1. The van der Waals surface area contributed by atoms with Gasteiger partial charge in [0.15, 0.2) is 0 Å². The molecule has 67 heavy (non-hydrogen) atoms. The Labute approximate surface area is 393 Å². The molecule has 318 valence electrons. The molecule has 0 saturated carbocycles. The highest BCUT2D eigenvalue weighted by molar-refractivity contribution is 6.25. The van der Waals surface area contributed by atoms with Crippen molar-refractivity contribution >= 4 is 61.5 Å². The van der Waals surface area contributed by atoms with Gasteiger partial charge in [-0.25, -0.2) is 0 Å². The third-order valence-corrected chi connectivity index (χ3v) is 15.6. The molecular formula is C66H49N. The lowest BCUT2D eigenvalue weighted by atomic mass is 9.67. The van der Waals surface area contributed by atoms with Crippen LogP contribution >= 0.6 is 0 Å². The number of hydrogen-bond donors (Lipinski definition) is 0. The van der Waals surface area contributed by atoms with Crippen LogP contribution in [0.1, 0.15) is 71.2 Å². The predicted octanol–water partition coefficient (Wildman–Crippen LogP) is 17.7. The van der Waals surface area contributed by atoms with E-state index in [0.29, 0.717) is 0 Å². The molecule has 0 bridgehead atoms. The molecule has 13 rings (SSSR count). The average Bonchev–Trinajstić information content (AvgIpc) is 3.86. The van der Waals surface area contributed by atoms with Crippen LogP contribution in [0, 0.1) is 0 Å². The maximum atomic E-state index is 2.51. The second-order valence-corrected chi connectivity index (χ2v) is 18.6. The third kappa shape index (κ3) is 5.68. The first-order valence-corrected chi connectivity index (χ1v) is 24.0. The standard InChI is InChI=1S/C66H49N/c1-3-65(4-2)59-42-44(30-32-47-20-17-29-58-63(47)55-27-14-15-28-57(55)66(58,49-21-8-5-9-22-49)50-23-10-6-11-24-50)31-38-53(59)54-40-37-52(43-60(54)65)67(51-25-12-7-13-26-51)61-41-36-48-34-33-45-18-16-19-46-35-39-56(61)64(48)62(45)46/h5-43H,3-4H2,1-2H3. The molecule has 11 aromatic carbocycles. The molecule has 0 heterocycles. The fourth-order valence-corrected chi connectivity index (χ4v) is 12.5. The predicted molar refractivity (Wildman–Crippen MR) is 284 cm³/mol. The van der Waals surface area contributed by atoms with Gasteiger partial charge in [0, 0.05) is 22.2 Å². The van der Waals surface area contributed by atoms with Gasteiger partial charge in [0.1, 0.15) is 0 Å². The summed E-state index contributed by atoms with van der Waals surface area (Å²) in [6, 6.07) is 84.0. The van der Waals surface area contributed by atoms with Gasteiger partial charge in [-0.15, -0.1) is 0 Å². The SMILES string of the molecule is CCC1(CC)c2cc(C=Cc3cccc4c3-c3ccccc3C4(c3ccccc3)c3ccccc3)ccc2-c2ccc(N(c3ccccc3)c3ccc4ccc5cccc6ccc3c4c56)cc21. The Balaban J connectivity index is 0.923. The molecule has 2 aliphatic rings. The van der Waals surface area contributed by atoms with Crippen molar-refractivity contribution in [2.45, 2.75) is 37.5 Å². The zero-order valence-electron chi connectivity index (χ0n) is 37.9. The molecule has 0 atom stereocenters. The fourth-order valence-electron chi connectivity index (χ4n) is 12.5. The summed E-state index contributed by atoms with van der Waals surface area (Å²) in [5.41, 5.74) is 18.8. The second kappa shape index (κ2) is 15.3. The van der Waals surface area contributed by atoms with Gasteiger partial charge in [-0.2, -0.15) is 0 Å². The highest BCUT2D eigenvalue weighted by Gasteiger charge is 2.46. The molecule has 0 fully saturated rings. The van der Waals surface area contributed by atoms with E-state index in [-0.39, 0.29) is 5.41 Å². The second-order valence-electron chi connectivity index (χ2n) is 18.6. The topological polar surface area (TPSA) is 3.24 Å². The van der Waals surface area contributed by atoms with Crippen molar-refractivity contribution in [1.82, 2.24) is 0 Å². The molecule has 0 spiro atoms. The van der Waals surface area contributed by atoms with Crippen molar-refractivity contribution in [2.75, 3.05) is 4.90 Å². The molecule has 0 amide bonds. The minimum absolute atomic E-state index is 0.132. The minimum Gasteiger partial charge on any atom is -0.310 e. The summed E-state index contributed by atoms with van der Waals surface area (Å²) in [5, 5.41) is 7.77. The minimum atomic E-state index is -0.422. The Morgan fingerprint density at radius 3 is 1.70 bits per heavy atom. The van der Waals surface area contributed by atoms with Crippen molar-refractivity contribution in [2.24, 2.45) is 0 Å². The zero-order valence-corrected chi connectivity index (χ0v) is 37.9. The molecule has 0 unspecified atom stereocenters. The molecule has 0 N–H and O–H groups in total. The Kier molecular flexibility index (Phi) is 8.99. The number of anilines is 3. The number of benzene rings is 11. The van der Waals surface area contributed by atoms with Gasteiger partial charge in [0.2, 0.25) is 0 Å². The number of hydrogen-bond acceptors (Lipinski definition) is 1. The zero-order chi connectivity index (χ0) is 44.7. The Morgan fingerprint density at radius 2 is 0.985 bits per heavy atom. The number of rotatable bonds is 9. The van der Waals surface area contributed by atoms with Gasteiger partial charge < -0.3 is 4.90 Å². The fraction of sp³-hybridized carbons (Fsp3) is 0.0909. The van der Waals surface area contributed by atoms with Crippen molar-refractivity contribution < 1.29 is 0 Å². The Bertz CT molecular complexity index is 3650. The summed E-state index contributed by atoms with van der Waals surface area (Å²) in [7, 11) is 0. The molecule has 0 aromatic heterocycles. The number of para-hydroxylation sites is 1. The summed E-state index contributed by atoms with van der Waals surface area (Å²) >= 11 is 0. The molecule has 2 aliphatic carbocycles. The molecule has 0 radical (unpaired) electrons. The first-order valence-electron chi connectivity index (χ1n) is 24.0. The maximum absolute atomic E-state index is 2.51. The summed E-state index contributed by atoms with van der Waals surface area (Å²) in [4.78, 5) is 2.49. The highest BCUT2D eigenvalue weighted by atomic mass is 15.1. The van der Waals surface area contributed by atoms with E-state index in [1.807, 2.05) is 0 Å². The largest absolute Gasteiger partial charge is 0.310 e. The van der Waals surface area contributed by atoms with Gasteiger partial charge >= 0.3 is 0 Å². The van der Waals surface area contributed by atoms with Crippen LogP contribution in [0.4, 0.5) is 17.1 Å². The molecule has 1 heteroatoms. The monoisotopic (exact) mass is 855 g/mol. The lowest BCUT2D eigenvalue weighted by molar-refractivity contribution is 0.490. The van der Waals surface area contributed by atoms with Crippen LogP contribution in [0.2, 0.25) is 0 Å². The summed E-state index contributed by atoms with van der Waals surface area (Å²) in [6.45, 7) is 4.76. The number of fused-ring (bicyclic) bond motifs is 6. The molecule has 0 saturated heterocycles. The summed E-state index contributed by atoms with van der Waals surface area (Å²) in [5.74, 6) is 0. The van der Waals surface area contributed by atoms with Crippen LogP contribution in [0.25, 0.3) is 66.7 Å². The van der Waals surface area contributed by atoms with E-state index in [9.17, 15) is 0 Å². The lowest BCUT2D eigenvalue weighted by Gasteiger charge is -2.33. The highest BCUT2D eigenvalue weighted by Crippen LogP contribution is 2.58. The first kappa shape index (κ1) is 39.4. The van der Waals surface area contributed by atoms with Crippen molar-refractivity contribution in [1.29, 1.82) is 0 Å². The van der Waals surface area contributed by atoms with Gasteiger partial charge in [-0.05, 0) is 137 Å². The van der Waals surface area contributed by atoms with Crippen molar-refractivity contribution in [3.8, 4) is 22.3 Å². The summed E-state index contributed by atoms with van der Waals surface area (Å²) in [6.07, 6.45) is 6.72. The van der Waals surface area contributed by atoms with Crippen LogP contribution in [-0.2, 0) is 10.8 Å². The lowest BCUT2D eigenvalue weighted by Crippen LogP contribution is -2.28. The van der Waals surface area contributed by atoms with E-state index in [1.165, 1.54) is 110 Å². The van der Waals surface area contributed by atoms with Crippen LogP contribution < -0.4 is 4.90 Å². The van der Waals surface area contributed by atoms with Crippen LogP contribution in [0.3, 0.4) is 0 Å². The van der Waals surface area contributed by atoms with E-state index >= 15 is 0 Å². The van der Waals surface area contributed by atoms with Crippen LogP contribution in [0.15, 0.2) is 224 Å². The van der Waals surface area contributed by atoms with E-state index in [4.69, 9.17) is 0 Å². The Hall–Kier alpha value is -8.00. The number of nitrogens with zero attached hydrogens (tertiary/aromatic N) is 1. The molecule has 0 aliphatic heterocycles. The van der Waals surface area contributed by atoms with E-state index in [1.54, 1.807) is 0 Å². The van der Waals surface area contributed by atoms with Crippen LogP contribution in [0.5, 0.6) is 0 Å². The van der Waals surface area contributed by atoms with Gasteiger partial charge in [-0.3, -0.25) is 0 Å². The van der Waals surface area contributed by atoms with E-state index < -0.39 is 5.41 Å². The summed E-state index contributed by atoms with van der Waals surface area (Å²) < 4.78 is 0. The molecular weight excluding hydrogens is 807 g/mol. The van der Waals surface area contributed by atoms with Gasteiger partial charge in [-0.1, -0.05) is 220 Å². The van der Waals surface area contributed by atoms with Crippen LogP contribution in [-0.4, -0.2) is 0 Å². The van der Waals surface area contributed by atoms with Gasteiger partial charge in [0.05, 0.1) is 11.1 Å². The Morgan fingerprint density at radius 1 is 0.403 bits per heavy atom. The molecule has 11 aromatic rings. The van der Waals surface area contributed by atoms with Crippen molar-refractivity contribution in [3.05, 3.63) is 269 Å². The van der Waals surface area contributed by atoms with E-state index in [2.05, 4.69) is 255 Å². The molecule has 1 nitrogen and oxygen atoms in total. The van der Waals surface area contributed by atoms with Crippen molar-refractivity contribution in [3.63, 3.8) is 0 Å². The third-order valence-electron chi connectivity index (χ3n) is 15.6. The van der Waals surface area contributed by atoms with E-state index in [0.717, 1.165) is 18.5 Å². The quantitative estimate of drug-likeness (QED) is 0.103. The van der Waals surface area contributed by atoms with Gasteiger partial charge in [0.25, 0.3) is 0 Å². The average molecular weight is 856 g/mol. The maximum Gasteiger partial charge on any atom is 0.0713 e. The smallest absolute Gasteiger partial charge is 0.0713 e. The normalized spacial score (nSPS) is 14.1.